The Morgan fingerprint density at radius 1 is 1.13 bits per heavy atom. The van der Waals surface area contributed by atoms with Gasteiger partial charge in [-0.1, -0.05) is 0 Å². The number of anilines is 1. The molecule has 10 nitrogen and oxygen atoms in total. The molecule has 0 aliphatic heterocycles. The van der Waals surface area contributed by atoms with E-state index in [1.165, 1.54) is 38.4 Å². The highest BCUT2D eigenvalue weighted by atomic mass is 16.6. The Labute approximate surface area is 176 Å². The summed E-state index contributed by atoms with van der Waals surface area (Å²) in [6, 6.07) is 13.8. The standard InChI is InChI=1S/C21H18N4O6/c1-13(26)23-15-5-3-14(4-6-15)21(27)24-22-12-17-8-10-19(31-17)18-9-7-16(25(28)29)11-20(18)30-2/h3-12H,1-2H3,(H,23,26)(H,24,27). The quantitative estimate of drug-likeness (QED) is 0.339. The summed E-state index contributed by atoms with van der Waals surface area (Å²) in [7, 11) is 1.41. The number of nitrogens with one attached hydrogen (secondary N) is 2. The largest absolute Gasteiger partial charge is 0.496 e. The van der Waals surface area contributed by atoms with E-state index >= 15 is 0 Å². The van der Waals surface area contributed by atoms with E-state index < -0.39 is 10.8 Å². The Morgan fingerprint density at radius 2 is 1.87 bits per heavy atom. The zero-order valence-electron chi connectivity index (χ0n) is 16.6. The highest BCUT2D eigenvalue weighted by Gasteiger charge is 2.15. The zero-order chi connectivity index (χ0) is 22.4. The molecule has 2 aromatic carbocycles. The summed E-state index contributed by atoms with van der Waals surface area (Å²) in [5.74, 6) is 0.438. The molecule has 0 saturated carbocycles. The van der Waals surface area contributed by atoms with Crippen molar-refractivity contribution in [3.63, 3.8) is 0 Å². The maximum absolute atomic E-state index is 12.2. The number of nitrogens with zero attached hydrogens (tertiary/aromatic N) is 2. The normalized spacial score (nSPS) is 10.6. The summed E-state index contributed by atoms with van der Waals surface area (Å²) in [6.07, 6.45) is 1.32. The summed E-state index contributed by atoms with van der Waals surface area (Å²) in [6.45, 7) is 1.40. The molecule has 1 heterocycles. The third-order valence-electron chi connectivity index (χ3n) is 4.11. The Kier molecular flexibility index (Phi) is 6.41. The van der Waals surface area contributed by atoms with Crippen LogP contribution in [-0.2, 0) is 4.79 Å². The minimum atomic E-state index is -0.511. The number of nitro groups is 1. The van der Waals surface area contributed by atoms with Crippen molar-refractivity contribution in [2.75, 3.05) is 12.4 Å². The lowest BCUT2D eigenvalue weighted by Crippen LogP contribution is -2.17. The van der Waals surface area contributed by atoms with Crippen LogP contribution in [0.2, 0.25) is 0 Å². The fourth-order valence-corrected chi connectivity index (χ4v) is 2.69. The second-order valence-electron chi connectivity index (χ2n) is 6.30. The number of amides is 2. The fourth-order valence-electron chi connectivity index (χ4n) is 2.69. The topological polar surface area (TPSA) is 136 Å². The van der Waals surface area contributed by atoms with Gasteiger partial charge in [-0.3, -0.25) is 19.7 Å². The molecule has 0 spiro atoms. The lowest BCUT2D eigenvalue weighted by Gasteiger charge is -2.05. The second kappa shape index (κ2) is 9.35. The van der Waals surface area contributed by atoms with E-state index in [9.17, 15) is 19.7 Å². The Morgan fingerprint density at radius 3 is 2.52 bits per heavy atom. The van der Waals surface area contributed by atoms with Crippen molar-refractivity contribution in [3.05, 3.63) is 76.0 Å². The van der Waals surface area contributed by atoms with Crippen molar-refractivity contribution in [2.45, 2.75) is 6.92 Å². The van der Waals surface area contributed by atoms with Gasteiger partial charge in [0.05, 0.1) is 29.9 Å². The molecule has 0 saturated heterocycles. The molecule has 0 radical (unpaired) electrons. The molecule has 0 fully saturated rings. The molecule has 158 valence electrons. The van der Waals surface area contributed by atoms with Gasteiger partial charge < -0.3 is 14.5 Å². The van der Waals surface area contributed by atoms with E-state index in [1.807, 2.05) is 0 Å². The van der Waals surface area contributed by atoms with E-state index in [-0.39, 0.29) is 11.6 Å². The molecular weight excluding hydrogens is 404 g/mol. The maximum Gasteiger partial charge on any atom is 0.273 e. The van der Waals surface area contributed by atoms with Gasteiger partial charge in [0.25, 0.3) is 11.6 Å². The highest BCUT2D eigenvalue weighted by molar-refractivity contribution is 5.96. The summed E-state index contributed by atoms with van der Waals surface area (Å²) < 4.78 is 10.9. The van der Waals surface area contributed by atoms with Crippen LogP contribution in [0.5, 0.6) is 5.75 Å². The molecule has 2 amide bonds. The number of carbonyl (C=O) groups excluding carboxylic acids is 2. The van der Waals surface area contributed by atoms with Gasteiger partial charge in [-0.25, -0.2) is 5.43 Å². The van der Waals surface area contributed by atoms with Crippen molar-refractivity contribution in [1.29, 1.82) is 0 Å². The minimum Gasteiger partial charge on any atom is -0.496 e. The molecule has 2 N–H and O–H groups in total. The van der Waals surface area contributed by atoms with Gasteiger partial charge in [0, 0.05) is 24.2 Å². The number of methoxy groups -OCH3 is 1. The molecule has 0 aliphatic carbocycles. The van der Waals surface area contributed by atoms with Crippen LogP contribution in [-0.4, -0.2) is 30.1 Å². The summed E-state index contributed by atoms with van der Waals surface area (Å²) in [5.41, 5.74) is 3.77. The van der Waals surface area contributed by atoms with Gasteiger partial charge in [-0.05, 0) is 42.5 Å². The van der Waals surface area contributed by atoms with Crippen LogP contribution >= 0.6 is 0 Å². The number of hydrogen-bond donors (Lipinski definition) is 2. The number of carbonyl (C=O) groups is 2. The van der Waals surface area contributed by atoms with Crippen molar-refractivity contribution in [2.24, 2.45) is 5.10 Å². The van der Waals surface area contributed by atoms with Crippen LogP contribution < -0.4 is 15.5 Å². The molecule has 1 aromatic heterocycles. The third-order valence-corrected chi connectivity index (χ3v) is 4.11. The Bertz CT molecular complexity index is 1150. The molecule has 0 unspecified atom stereocenters. The molecule has 31 heavy (non-hydrogen) atoms. The van der Waals surface area contributed by atoms with E-state index in [4.69, 9.17) is 9.15 Å². The number of furan rings is 1. The van der Waals surface area contributed by atoms with E-state index in [1.54, 1.807) is 36.4 Å². The molecular formula is C21H18N4O6. The van der Waals surface area contributed by atoms with Crippen LogP contribution in [0.3, 0.4) is 0 Å². The molecule has 3 aromatic rings. The Balaban J connectivity index is 1.66. The van der Waals surface area contributed by atoms with Crippen LogP contribution in [0, 0.1) is 10.1 Å². The van der Waals surface area contributed by atoms with Gasteiger partial charge >= 0.3 is 0 Å². The van der Waals surface area contributed by atoms with Gasteiger partial charge in [-0.15, -0.1) is 0 Å². The van der Waals surface area contributed by atoms with Gasteiger partial charge in [-0.2, -0.15) is 5.10 Å². The number of hydrogen-bond acceptors (Lipinski definition) is 7. The second-order valence-corrected chi connectivity index (χ2v) is 6.30. The number of rotatable bonds is 7. The van der Waals surface area contributed by atoms with Crippen molar-refractivity contribution >= 4 is 29.4 Å². The lowest BCUT2D eigenvalue weighted by molar-refractivity contribution is -0.384. The molecule has 0 atom stereocenters. The number of nitro benzene ring substituents is 1. The summed E-state index contributed by atoms with van der Waals surface area (Å²) in [5, 5.41) is 17.4. The third kappa shape index (κ3) is 5.32. The predicted molar refractivity (Wildman–Crippen MR) is 113 cm³/mol. The smallest absolute Gasteiger partial charge is 0.273 e. The SMILES string of the molecule is COc1cc([N+](=O)[O-])ccc1-c1ccc(C=NNC(=O)c2ccc(NC(C)=O)cc2)o1. The van der Waals surface area contributed by atoms with Gasteiger partial charge in [0.2, 0.25) is 5.91 Å². The highest BCUT2D eigenvalue weighted by Crippen LogP contribution is 2.34. The molecule has 0 bridgehead atoms. The number of ether oxygens (including phenoxy) is 1. The lowest BCUT2D eigenvalue weighted by atomic mass is 10.1. The van der Waals surface area contributed by atoms with E-state index in [0.717, 1.165) is 0 Å². The predicted octanol–water partition coefficient (Wildman–Crippen LogP) is 3.59. The average Bonchev–Trinajstić information content (AvgIpc) is 3.22. The van der Waals surface area contributed by atoms with E-state index in [0.29, 0.717) is 34.1 Å². The monoisotopic (exact) mass is 422 g/mol. The first kappa shape index (κ1) is 21.2. The van der Waals surface area contributed by atoms with Gasteiger partial charge in [0.15, 0.2) is 0 Å². The van der Waals surface area contributed by atoms with Crippen LogP contribution in [0.4, 0.5) is 11.4 Å². The summed E-state index contributed by atoms with van der Waals surface area (Å²) in [4.78, 5) is 33.6. The van der Waals surface area contributed by atoms with Crippen LogP contribution in [0.25, 0.3) is 11.3 Å². The fraction of sp³-hybridized carbons (Fsp3) is 0.0952. The zero-order valence-corrected chi connectivity index (χ0v) is 16.6. The first-order valence-corrected chi connectivity index (χ1v) is 9.01. The number of hydrazone groups is 1. The number of non-ortho nitro benzene ring substituents is 1. The van der Waals surface area contributed by atoms with Crippen molar-refractivity contribution in [1.82, 2.24) is 5.43 Å². The van der Waals surface area contributed by atoms with Gasteiger partial charge in [0.1, 0.15) is 17.3 Å². The molecule has 3 rings (SSSR count). The number of benzene rings is 2. The molecule has 0 aliphatic rings. The summed E-state index contributed by atoms with van der Waals surface area (Å²) >= 11 is 0. The first-order valence-electron chi connectivity index (χ1n) is 9.01. The molecule has 10 heteroatoms. The maximum atomic E-state index is 12.2. The first-order chi connectivity index (χ1) is 14.9. The van der Waals surface area contributed by atoms with Crippen LogP contribution in [0.1, 0.15) is 23.0 Å². The van der Waals surface area contributed by atoms with Crippen molar-refractivity contribution < 1.29 is 23.7 Å². The van der Waals surface area contributed by atoms with Crippen LogP contribution in [0.15, 0.2) is 64.1 Å². The Hall–Kier alpha value is -4.47. The average molecular weight is 422 g/mol. The van der Waals surface area contributed by atoms with Crippen molar-refractivity contribution in [3.8, 4) is 17.1 Å². The van der Waals surface area contributed by atoms with E-state index in [2.05, 4.69) is 15.8 Å². The minimum absolute atomic E-state index is 0.0956.